The Kier molecular flexibility index (Phi) is 16.9. The van der Waals surface area contributed by atoms with Gasteiger partial charge in [0.15, 0.2) is 17.0 Å². The topological polar surface area (TPSA) is 273 Å². The molecule has 0 radical (unpaired) electrons. The van der Waals surface area contributed by atoms with Crippen LogP contribution in [0.25, 0.3) is 10.9 Å². The molecule has 21 heteroatoms. The quantitative estimate of drug-likeness (QED) is 0.0620. The number of pyridine rings is 1. The van der Waals surface area contributed by atoms with Gasteiger partial charge in [0.1, 0.15) is 24.1 Å². The van der Waals surface area contributed by atoms with E-state index in [0.717, 1.165) is 23.8 Å². The SMILES string of the molecule is CC(=O)c1cn(C2CC2)c2c(C#N)c(N3C[C@@H]4[C@@H](C3)OCCN4C(=O)OCc3ccc(NC(=O)[C@H](CCCNC(N)=O)CC(=O)[C@@H](NC(=O)CCCCCN4C(=O)C=CC4=O)C(C)C)cc3)c(F)cc2c1=O. The number of amides is 7. The molecule has 7 amide bonds. The Hall–Kier alpha value is -7.47. The first kappa shape index (κ1) is 52.4. The lowest BCUT2D eigenvalue weighted by Crippen LogP contribution is -2.53. The highest BCUT2D eigenvalue weighted by Gasteiger charge is 2.45. The van der Waals surface area contributed by atoms with Gasteiger partial charge in [-0.15, -0.1) is 0 Å². The minimum absolute atomic E-state index is 0.0120. The number of rotatable bonds is 22. The molecule has 1 aromatic heterocycles. The third-order valence-corrected chi connectivity index (χ3v) is 13.5. The number of benzene rings is 2. The van der Waals surface area contributed by atoms with Gasteiger partial charge in [0.2, 0.25) is 11.8 Å². The van der Waals surface area contributed by atoms with Crippen molar-refractivity contribution in [1.29, 1.82) is 5.26 Å². The Bertz CT molecular complexity index is 2750. The minimum Gasteiger partial charge on any atom is -0.445 e. The number of ether oxygens (including phenoxy) is 2. The fourth-order valence-electron chi connectivity index (χ4n) is 9.54. The van der Waals surface area contributed by atoms with Gasteiger partial charge in [-0.2, -0.15) is 5.26 Å². The molecule has 7 rings (SSSR count). The van der Waals surface area contributed by atoms with Crippen LogP contribution in [0.5, 0.6) is 0 Å². The number of nitrogens with zero attached hydrogens (tertiary/aromatic N) is 5. The molecule has 5 N–H and O–H groups in total. The van der Waals surface area contributed by atoms with Crippen molar-refractivity contribution in [3.8, 4) is 6.07 Å². The van der Waals surface area contributed by atoms with E-state index in [1.807, 2.05) is 0 Å². The summed E-state index contributed by atoms with van der Waals surface area (Å²) in [6.45, 7) is 5.79. The number of aromatic nitrogens is 1. The van der Waals surface area contributed by atoms with Crippen molar-refractivity contribution >= 4 is 69.6 Å². The predicted octanol–water partition coefficient (Wildman–Crippen LogP) is 4.36. The molecule has 0 bridgehead atoms. The first-order chi connectivity index (χ1) is 34.4. The molecule has 0 spiro atoms. The molecular weight excluding hydrogens is 934 g/mol. The van der Waals surface area contributed by atoms with Crippen LogP contribution < -0.4 is 32.0 Å². The molecule has 1 saturated carbocycles. The maximum absolute atomic E-state index is 16.1. The molecule has 3 aromatic rings. The smallest absolute Gasteiger partial charge is 0.410 e. The summed E-state index contributed by atoms with van der Waals surface area (Å²) in [7, 11) is 0. The lowest BCUT2D eigenvalue weighted by Gasteiger charge is -2.35. The Balaban J connectivity index is 0.939. The van der Waals surface area contributed by atoms with Gasteiger partial charge < -0.3 is 40.6 Å². The largest absolute Gasteiger partial charge is 0.445 e. The van der Waals surface area contributed by atoms with Crippen molar-refractivity contribution in [3.63, 3.8) is 0 Å². The number of imide groups is 1. The van der Waals surface area contributed by atoms with E-state index in [9.17, 15) is 48.4 Å². The van der Waals surface area contributed by atoms with Crippen LogP contribution in [0.4, 0.5) is 25.4 Å². The van der Waals surface area contributed by atoms with Gasteiger partial charge in [0.25, 0.3) is 11.8 Å². The molecule has 4 aliphatic rings. The monoisotopic (exact) mass is 993 g/mol. The van der Waals surface area contributed by atoms with Crippen LogP contribution in [0.15, 0.2) is 53.5 Å². The molecule has 2 aromatic carbocycles. The molecule has 2 saturated heterocycles. The van der Waals surface area contributed by atoms with E-state index >= 15 is 4.39 Å². The number of primary amides is 1. The van der Waals surface area contributed by atoms with Crippen molar-refractivity contribution in [2.75, 3.05) is 49.5 Å². The van der Waals surface area contributed by atoms with Gasteiger partial charge >= 0.3 is 12.1 Å². The van der Waals surface area contributed by atoms with E-state index < -0.39 is 59.2 Å². The number of fused-ring (bicyclic) bond motifs is 2. The van der Waals surface area contributed by atoms with E-state index in [-0.39, 0.29) is 128 Å². The number of hydrogen-bond acceptors (Lipinski definition) is 13. The van der Waals surface area contributed by atoms with Crippen molar-refractivity contribution in [2.24, 2.45) is 17.6 Å². The number of urea groups is 1. The molecule has 1 aliphatic carbocycles. The van der Waals surface area contributed by atoms with Crippen LogP contribution in [0.3, 0.4) is 0 Å². The zero-order valence-electron chi connectivity index (χ0n) is 40.6. The van der Waals surface area contributed by atoms with Crippen LogP contribution in [0.2, 0.25) is 0 Å². The molecule has 3 fully saturated rings. The standard InChI is InChI=1S/C51H60FN9O11/c1-29(2)45(57-42(64)9-5-4-6-19-60-43(65)16-17-44(60)66)40(63)22-32(8-7-18-55-50(54)69)49(68)56-33-12-10-31(11-13-33)28-72-51(70)59-20-21-71-41-27-58(26-39(41)59)47-36(24-53)46-35(23-38(47)52)48(67)37(30(3)62)25-61(46)34-14-15-34/h10-13,16-17,23,25,29,32,34,39,41,45H,4-9,14-15,18-22,26-28H2,1-3H3,(H,56,68)(H,57,64)(H3,54,55,69)/t32-,39-,41-,45+/m1/s1. The average Bonchev–Trinajstić information content (AvgIpc) is 4.02. The Morgan fingerprint density at radius 2 is 1.71 bits per heavy atom. The zero-order chi connectivity index (χ0) is 51.8. The van der Waals surface area contributed by atoms with Gasteiger partial charge in [-0.25, -0.2) is 14.0 Å². The summed E-state index contributed by atoms with van der Waals surface area (Å²) in [5.41, 5.74) is 5.72. The number of nitrogens with two attached hydrogens (primary N) is 1. The fourth-order valence-corrected chi connectivity index (χ4v) is 9.54. The van der Waals surface area contributed by atoms with Crippen molar-refractivity contribution in [2.45, 2.75) is 109 Å². The highest BCUT2D eigenvalue weighted by molar-refractivity contribution is 6.12. The number of ketones is 2. The second kappa shape index (κ2) is 23.2. The van der Waals surface area contributed by atoms with Gasteiger partial charge in [-0.05, 0) is 75.1 Å². The lowest BCUT2D eigenvalue weighted by molar-refractivity contribution is -0.137. The van der Waals surface area contributed by atoms with Crippen molar-refractivity contribution in [3.05, 3.63) is 81.4 Å². The number of unbranched alkanes of at least 4 members (excludes halogenated alkanes) is 2. The molecule has 72 heavy (non-hydrogen) atoms. The molecule has 4 atom stereocenters. The lowest BCUT2D eigenvalue weighted by atomic mass is 9.89. The van der Waals surface area contributed by atoms with Crippen LogP contribution in [-0.2, 0) is 40.1 Å². The second-order valence-electron chi connectivity index (χ2n) is 19.0. The van der Waals surface area contributed by atoms with E-state index in [1.54, 1.807) is 47.6 Å². The van der Waals surface area contributed by atoms with Gasteiger partial charge in [-0.1, -0.05) is 32.4 Å². The number of hydrogen-bond donors (Lipinski definition) is 4. The number of morpholine rings is 1. The Labute approximate surface area is 415 Å². The minimum atomic E-state index is -0.873. The highest BCUT2D eigenvalue weighted by Crippen LogP contribution is 2.41. The Morgan fingerprint density at radius 1 is 0.986 bits per heavy atom. The maximum Gasteiger partial charge on any atom is 0.410 e. The van der Waals surface area contributed by atoms with Gasteiger partial charge in [0.05, 0.1) is 46.9 Å². The molecule has 20 nitrogen and oxygen atoms in total. The first-order valence-corrected chi connectivity index (χ1v) is 24.4. The van der Waals surface area contributed by atoms with Crippen LogP contribution in [0, 0.1) is 29.0 Å². The summed E-state index contributed by atoms with van der Waals surface area (Å²) >= 11 is 0. The molecular formula is C51H60FN9O11. The summed E-state index contributed by atoms with van der Waals surface area (Å²) < 4.78 is 29.6. The van der Waals surface area contributed by atoms with Crippen molar-refractivity contribution in [1.82, 2.24) is 25.0 Å². The average molecular weight is 994 g/mol. The zero-order valence-corrected chi connectivity index (χ0v) is 40.6. The van der Waals surface area contributed by atoms with E-state index in [1.165, 1.54) is 30.2 Å². The number of halogens is 1. The summed E-state index contributed by atoms with van der Waals surface area (Å²) in [6, 6.07) is 7.59. The number of Topliss-reactive ketones (excluding diaryl/α,β-unsaturated/α-hetero) is 2. The summed E-state index contributed by atoms with van der Waals surface area (Å²) in [4.78, 5) is 119. The third-order valence-electron chi connectivity index (χ3n) is 13.5. The Morgan fingerprint density at radius 3 is 2.36 bits per heavy atom. The summed E-state index contributed by atoms with van der Waals surface area (Å²) in [5.74, 6) is -4.25. The molecule has 0 unspecified atom stereocenters. The third kappa shape index (κ3) is 12.3. The number of carbonyl (C=O) groups excluding carboxylic acids is 8. The van der Waals surface area contributed by atoms with Crippen LogP contribution >= 0.6 is 0 Å². The molecule has 382 valence electrons. The predicted molar refractivity (Wildman–Crippen MR) is 260 cm³/mol. The van der Waals surface area contributed by atoms with Crippen LogP contribution in [-0.4, -0.2) is 119 Å². The van der Waals surface area contributed by atoms with E-state index in [0.29, 0.717) is 36.9 Å². The fraction of sp³-hybridized carbons (Fsp3) is 0.490. The first-order valence-electron chi connectivity index (χ1n) is 24.4. The number of nitriles is 1. The number of nitrogens with one attached hydrogen (secondary N) is 3. The number of anilines is 2. The van der Waals surface area contributed by atoms with Crippen molar-refractivity contribution < 1.29 is 52.2 Å². The van der Waals surface area contributed by atoms with Gasteiger partial charge in [-0.3, -0.25) is 43.4 Å². The van der Waals surface area contributed by atoms with E-state index in [2.05, 4.69) is 22.0 Å². The number of carbonyl (C=O) groups is 8. The van der Waals surface area contributed by atoms with Gasteiger partial charge in [0, 0.05) is 81.6 Å². The second-order valence-corrected chi connectivity index (χ2v) is 19.0. The molecule has 4 heterocycles. The van der Waals surface area contributed by atoms with E-state index in [4.69, 9.17) is 15.2 Å². The summed E-state index contributed by atoms with van der Waals surface area (Å²) in [6.07, 6.45) is 6.35. The maximum atomic E-state index is 16.1. The summed E-state index contributed by atoms with van der Waals surface area (Å²) in [5, 5.41) is 18.6. The normalized spacial score (nSPS) is 18.2. The highest BCUT2D eigenvalue weighted by atomic mass is 19.1. The molecule has 3 aliphatic heterocycles. The van der Waals surface area contributed by atoms with Crippen LogP contribution in [0.1, 0.15) is 106 Å².